The Bertz CT molecular complexity index is 1280. The van der Waals surface area contributed by atoms with Crippen molar-refractivity contribution in [3.8, 4) is 0 Å². The monoisotopic (exact) mass is 547 g/mol. The molecule has 1 saturated heterocycles. The Kier molecular flexibility index (Phi) is 8.32. The fourth-order valence-electron chi connectivity index (χ4n) is 4.79. The standard InChI is InChI=1S/C25H33N5O5S2/c1-3-11-29-12-10-19-20(15-29)36-24(21(19)23(32)28-25(26)33)27-22(31)17-4-6-18(7-5-17)37(34,35)30-13-8-16(2)9-14-30/h4-7,16H,3,8-15H2,1-2H3,(H,27,31)(H3,26,28,32,33). The molecule has 4 N–H and O–H groups in total. The number of carbonyl (C=O) groups is 3. The number of nitrogens with one attached hydrogen (secondary N) is 2. The Labute approximate surface area is 221 Å². The second-order valence-corrected chi connectivity index (χ2v) is 12.7. The highest BCUT2D eigenvalue weighted by Gasteiger charge is 2.30. The van der Waals surface area contributed by atoms with Crippen LogP contribution in [0.3, 0.4) is 0 Å². The fourth-order valence-corrected chi connectivity index (χ4v) is 7.55. The molecule has 0 atom stereocenters. The van der Waals surface area contributed by atoms with Crippen molar-refractivity contribution in [2.75, 3.05) is 31.5 Å². The van der Waals surface area contributed by atoms with Crippen LogP contribution < -0.4 is 16.4 Å². The number of nitrogens with two attached hydrogens (primary N) is 1. The number of sulfonamides is 1. The second-order valence-electron chi connectivity index (χ2n) is 9.62. The summed E-state index contributed by atoms with van der Waals surface area (Å²) in [7, 11) is -3.63. The van der Waals surface area contributed by atoms with E-state index in [2.05, 4.69) is 29.4 Å². The molecular weight excluding hydrogens is 514 g/mol. The molecule has 12 heteroatoms. The van der Waals surface area contributed by atoms with Crippen LogP contribution in [0.15, 0.2) is 29.2 Å². The van der Waals surface area contributed by atoms with E-state index in [1.54, 1.807) is 0 Å². The van der Waals surface area contributed by atoms with E-state index in [1.807, 2.05) is 0 Å². The van der Waals surface area contributed by atoms with Gasteiger partial charge in [-0.25, -0.2) is 13.2 Å². The maximum atomic E-state index is 13.1. The predicted octanol–water partition coefficient (Wildman–Crippen LogP) is 3.00. The number of amides is 4. The molecule has 1 aromatic carbocycles. The SMILES string of the molecule is CCCN1CCc2c(sc(NC(=O)c3ccc(S(=O)(=O)N4CCC(C)CC4)cc3)c2C(=O)NC(N)=O)C1. The lowest BCUT2D eigenvalue weighted by atomic mass is 10.0. The van der Waals surface area contributed by atoms with Crippen molar-refractivity contribution in [1.29, 1.82) is 0 Å². The van der Waals surface area contributed by atoms with E-state index in [4.69, 9.17) is 5.73 Å². The average Bonchev–Trinajstić information content (AvgIpc) is 3.21. The zero-order valence-corrected chi connectivity index (χ0v) is 22.7. The van der Waals surface area contributed by atoms with Gasteiger partial charge in [0.15, 0.2) is 0 Å². The normalized spacial score (nSPS) is 17.2. The van der Waals surface area contributed by atoms with Gasteiger partial charge in [-0.2, -0.15) is 4.31 Å². The van der Waals surface area contributed by atoms with Crippen LogP contribution in [-0.2, 0) is 23.0 Å². The quantitative estimate of drug-likeness (QED) is 0.487. The van der Waals surface area contributed by atoms with E-state index in [9.17, 15) is 22.8 Å². The Morgan fingerprint density at radius 1 is 1.08 bits per heavy atom. The summed E-state index contributed by atoms with van der Waals surface area (Å²) in [6.45, 7) is 7.54. The van der Waals surface area contributed by atoms with Gasteiger partial charge >= 0.3 is 6.03 Å². The maximum Gasteiger partial charge on any atom is 0.319 e. The third kappa shape index (κ3) is 6.03. The lowest BCUT2D eigenvalue weighted by Gasteiger charge is -2.29. The first kappa shape index (κ1) is 27.2. The number of hydrogen-bond donors (Lipinski definition) is 3. The predicted molar refractivity (Wildman–Crippen MR) is 142 cm³/mol. The number of imide groups is 1. The Hall–Kier alpha value is -2.80. The van der Waals surface area contributed by atoms with Crippen molar-refractivity contribution in [3.63, 3.8) is 0 Å². The highest BCUT2D eigenvalue weighted by atomic mass is 32.2. The van der Waals surface area contributed by atoms with Crippen molar-refractivity contribution in [3.05, 3.63) is 45.8 Å². The molecule has 4 rings (SSSR count). The van der Waals surface area contributed by atoms with Gasteiger partial charge in [-0.05, 0) is 68.0 Å². The second kappa shape index (κ2) is 11.3. The van der Waals surface area contributed by atoms with Gasteiger partial charge in [0.2, 0.25) is 10.0 Å². The number of nitrogens with zero attached hydrogens (tertiary/aromatic N) is 2. The Balaban J connectivity index is 1.55. The van der Waals surface area contributed by atoms with Crippen LogP contribution in [0.1, 0.15) is 64.3 Å². The van der Waals surface area contributed by atoms with Gasteiger partial charge in [0.25, 0.3) is 11.8 Å². The molecule has 0 saturated carbocycles. The minimum absolute atomic E-state index is 0.141. The van der Waals surface area contributed by atoms with Crippen molar-refractivity contribution in [2.45, 2.75) is 51.0 Å². The molecule has 200 valence electrons. The highest BCUT2D eigenvalue weighted by Crippen LogP contribution is 2.37. The van der Waals surface area contributed by atoms with Crippen LogP contribution in [0.4, 0.5) is 9.80 Å². The molecule has 3 heterocycles. The van der Waals surface area contributed by atoms with Crippen LogP contribution in [0.5, 0.6) is 0 Å². The summed E-state index contributed by atoms with van der Waals surface area (Å²) in [5, 5.41) is 5.25. The summed E-state index contributed by atoms with van der Waals surface area (Å²) in [4.78, 5) is 40.6. The Morgan fingerprint density at radius 3 is 2.38 bits per heavy atom. The van der Waals surface area contributed by atoms with E-state index >= 15 is 0 Å². The lowest BCUT2D eigenvalue weighted by Crippen LogP contribution is -2.37. The van der Waals surface area contributed by atoms with Gasteiger partial charge in [0.05, 0.1) is 10.5 Å². The van der Waals surface area contributed by atoms with Crippen LogP contribution in [0.2, 0.25) is 0 Å². The molecule has 2 aliphatic heterocycles. The molecule has 4 amide bonds. The number of piperidine rings is 1. The minimum atomic E-state index is -3.63. The molecule has 0 bridgehead atoms. The maximum absolute atomic E-state index is 13.1. The van der Waals surface area contributed by atoms with Gasteiger partial charge in [-0.15, -0.1) is 11.3 Å². The molecule has 2 aromatic rings. The zero-order chi connectivity index (χ0) is 26.7. The molecule has 1 aromatic heterocycles. The third-order valence-electron chi connectivity index (χ3n) is 6.86. The van der Waals surface area contributed by atoms with Crippen LogP contribution >= 0.6 is 11.3 Å². The molecular formula is C25H33N5O5S2. The lowest BCUT2D eigenvalue weighted by molar-refractivity contribution is 0.0965. The average molecular weight is 548 g/mol. The van der Waals surface area contributed by atoms with Crippen molar-refractivity contribution in [1.82, 2.24) is 14.5 Å². The van der Waals surface area contributed by atoms with Crippen molar-refractivity contribution in [2.24, 2.45) is 11.7 Å². The number of primary amides is 1. The molecule has 1 fully saturated rings. The van der Waals surface area contributed by atoms with E-state index in [-0.39, 0.29) is 16.0 Å². The molecule has 37 heavy (non-hydrogen) atoms. The number of anilines is 1. The summed E-state index contributed by atoms with van der Waals surface area (Å²) in [5.41, 5.74) is 6.49. The van der Waals surface area contributed by atoms with Crippen molar-refractivity contribution < 1.29 is 22.8 Å². The van der Waals surface area contributed by atoms with Gasteiger partial charge < -0.3 is 11.1 Å². The van der Waals surface area contributed by atoms with Gasteiger partial charge in [-0.3, -0.25) is 19.8 Å². The van der Waals surface area contributed by atoms with Crippen LogP contribution in [0.25, 0.3) is 0 Å². The van der Waals surface area contributed by atoms with Crippen molar-refractivity contribution >= 4 is 44.2 Å². The number of hydrogen-bond acceptors (Lipinski definition) is 7. The van der Waals surface area contributed by atoms with Gasteiger partial charge in [0.1, 0.15) is 5.00 Å². The molecule has 2 aliphatic rings. The first-order valence-corrected chi connectivity index (χ1v) is 14.7. The third-order valence-corrected chi connectivity index (χ3v) is 9.91. The minimum Gasteiger partial charge on any atom is -0.351 e. The smallest absolute Gasteiger partial charge is 0.319 e. The number of thiophene rings is 1. The fraction of sp³-hybridized carbons (Fsp3) is 0.480. The molecule has 0 radical (unpaired) electrons. The van der Waals surface area contributed by atoms with Crippen LogP contribution in [0, 0.1) is 5.92 Å². The first-order chi connectivity index (χ1) is 17.6. The van der Waals surface area contributed by atoms with E-state index in [0.29, 0.717) is 37.0 Å². The summed E-state index contributed by atoms with van der Waals surface area (Å²) in [5.74, 6) is -0.625. The number of urea groups is 1. The molecule has 0 unspecified atom stereocenters. The summed E-state index contributed by atoms with van der Waals surface area (Å²) < 4.78 is 27.5. The number of carbonyl (C=O) groups excluding carboxylic acids is 3. The number of benzene rings is 1. The zero-order valence-electron chi connectivity index (χ0n) is 21.1. The van der Waals surface area contributed by atoms with E-state index in [1.165, 1.54) is 39.9 Å². The van der Waals surface area contributed by atoms with E-state index < -0.39 is 27.9 Å². The molecule has 10 nitrogen and oxygen atoms in total. The summed E-state index contributed by atoms with van der Waals surface area (Å²) >= 11 is 1.31. The van der Waals surface area contributed by atoms with Gasteiger partial charge in [-0.1, -0.05) is 13.8 Å². The van der Waals surface area contributed by atoms with Gasteiger partial charge in [0, 0.05) is 36.6 Å². The first-order valence-electron chi connectivity index (χ1n) is 12.5. The largest absolute Gasteiger partial charge is 0.351 e. The van der Waals surface area contributed by atoms with E-state index in [0.717, 1.165) is 42.8 Å². The highest BCUT2D eigenvalue weighted by molar-refractivity contribution is 7.89. The Morgan fingerprint density at radius 2 is 1.76 bits per heavy atom. The number of fused-ring (bicyclic) bond motifs is 1. The number of rotatable bonds is 7. The summed E-state index contributed by atoms with van der Waals surface area (Å²) in [6.07, 6.45) is 3.27. The molecule has 0 aliphatic carbocycles. The summed E-state index contributed by atoms with van der Waals surface area (Å²) in [6, 6.07) is 4.84. The topological polar surface area (TPSA) is 142 Å². The molecule has 0 spiro atoms. The van der Waals surface area contributed by atoms with Crippen LogP contribution in [-0.4, -0.2) is 61.6 Å².